The number of hydrogen-bond acceptors (Lipinski definition) is 0. The van der Waals surface area contributed by atoms with Crippen LogP contribution in [-0.2, 0) is 36.5 Å². The molecule has 0 N–H and O–H groups in total. The van der Waals surface area contributed by atoms with E-state index >= 15 is 0 Å². The van der Waals surface area contributed by atoms with E-state index in [4.69, 9.17) is 0 Å². The molecule has 0 bridgehead atoms. The number of hydrogen-bond donors (Lipinski definition) is 0. The van der Waals surface area contributed by atoms with Gasteiger partial charge in [0.05, 0.1) is 0 Å². The maximum absolute atomic E-state index is 0. The second-order valence-electron chi connectivity index (χ2n) is 0. The minimum absolute atomic E-state index is 0. The average molecular weight is 451 g/mol. The Morgan fingerprint density at radius 3 is 1.00 bits per heavy atom. The molecule has 0 amide bonds. The van der Waals surface area contributed by atoms with Crippen LogP contribution in [0.2, 0.25) is 0 Å². The van der Waals surface area contributed by atoms with Crippen molar-refractivity contribution in [3.05, 3.63) is 0 Å². The standard InChI is InChI=1S/Al.Cu.Ga.In.S.Se.Zn. The zero-order valence-corrected chi connectivity index (χ0v) is 16.9. The zero-order chi connectivity index (χ0) is 0. The van der Waals surface area contributed by atoms with Gasteiger partial charge in [-0.2, -0.15) is 0 Å². The Labute approximate surface area is 128 Å². The molecule has 0 aliphatic rings. The fourth-order valence-corrected chi connectivity index (χ4v) is 0. The van der Waals surface area contributed by atoms with E-state index in [0.29, 0.717) is 0 Å². The molecule has 0 fully saturated rings. The fraction of sp³-hybridized carbons (Fsp3) is 0. The van der Waals surface area contributed by atoms with Crippen molar-refractivity contribution in [2.24, 2.45) is 0 Å². The van der Waals surface area contributed by atoms with Crippen LogP contribution in [0.25, 0.3) is 0 Å². The summed E-state index contributed by atoms with van der Waals surface area (Å²) in [5.74, 6) is 0. The molecule has 0 saturated heterocycles. The molecule has 0 aliphatic carbocycles. The quantitative estimate of drug-likeness (QED) is 0.420. The van der Waals surface area contributed by atoms with E-state index in [9.17, 15) is 0 Å². The van der Waals surface area contributed by atoms with Gasteiger partial charge < -0.3 is 0 Å². The minimum atomic E-state index is 0. The van der Waals surface area contributed by atoms with E-state index in [0.717, 1.165) is 0 Å². The van der Waals surface area contributed by atoms with Gasteiger partial charge >= 0.3 is 0 Å². The van der Waals surface area contributed by atoms with E-state index in [-0.39, 0.29) is 130 Å². The smallest absolute Gasteiger partial charge is 0 e. The predicted molar refractivity (Wildman–Crippen MR) is 30.6 cm³/mol. The average Bonchev–Trinajstić information content (AvgIpc) is 0. The molecule has 0 nitrogen and oxygen atoms in total. The Hall–Kier alpha value is 4.05. The first-order chi connectivity index (χ1) is 0. The summed E-state index contributed by atoms with van der Waals surface area (Å²) in [4.78, 5) is 0. The molecular weight excluding hydrogens is 451 g/mol. The Kier molecular flexibility index (Phi) is 488. The molecule has 0 aromatic rings. The van der Waals surface area contributed by atoms with Crippen LogP contribution in [-0.4, -0.2) is 80.1 Å². The summed E-state index contributed by atoms with van der Waals surface area (Å²) in [6.45, 7) is 0. The predicted octanol–water partition coefficient (Wildman–Crippen LogP) is -0.880. The van der Waals surface area contributed by atoms with Gasteiger partial charge in [0, 0.05) is 130 Å². The maximum atomic E-state index is 0. The van der Waals surface area contributed by atoms with Gasteiger partial charge in [0.25, 0.3) is 0 Å². The van der Waals surface area contributed by atoms with Gasteiger partial charge in [-0.25, -0.2) is 0 Å². The monoisotopic (exact) mass is 450 g/mol. The third kappa shape index (κ3) is 39.7. The van der Waals surface area contributed by atoms with E-state index in [2.05, 4.69) is 0 Å². The fourth-order valence-electron chi connectivity index (χ4n) is 0. The molecule has 0 rings (SSSR count). The molecule has 7 heavy (non-hydrogen) atoms. The van der Waals surface area contributed by atoms with Gasteiger partial charge in [-0.15, -0.1) is 0 Å². The molecule has 0 aliphatic heterocycles. The molecule has 34 valence electrons. The molecule has 0 aromatic heterocycles. The van der Waals surface area contributed by atoms with Crippen molar-refractivity contribution >= 4 is 93.6 Å². The van der Waals surface area contributed by atoms with Crippen LogP contribution in [0.15, 0.2) is 0 Å². The summed E-state index contributed by atoms with van der Waals surface area (Å²) >= 11 is 0. The summed E-state index contributed by atoms with van der Waals surface area (Å²) in [5.41, 5.74) is 0. The van der Waals surface area contributed by atoms with Crippen molar-refractivity contribution in [1.29, 1.82) is 0 Å². The second-order valence-corrected chi connectivity index (χ2v) is 0. The summed E-state index contributed by atoms with van der Waals surface area (Å²) in [7, 11) is 0. The Morgan fingerprint density at radius 2 is 1.00 bits per heavy atom. The van der Waals surface area contributed by atoms with Crippen LogP contribution >= 0.6 is 13.5 Å². The maximum Gasteiger partial charge on any atom is 0 e. The van der Waals surface area contributed by atoms with Gasteiger partial charge in [-0.3, -0.25) is 0 Å². The molecule has 0 saturated carbocycles. The number of rotatable bonds is 0. The van der Waals surface area contributed by atoms with E-state index in [1.54, 1.807) is 0 Å². The topological polar surface area (TPSA) is 0 Å². The minimum Gasteiger partial charge on any atom is 0 e. The molecule has 0 unspecified atom stereocenters. The van der Waals surface area contributed by atoms with Crippen molar-refractivity contribution in [2.45, 2.75) is 0 Å². The van der Waals surface area contributed by atoms with Crippen LogP contribution in [0, 0.1) is 0 Å². The SMILES string of the molecule is [Al].[Cu].[Ga].[In].[S].[Se].[Zn]. The third-order valence-electron chi connectivity index (χ3n) is 0. The van der Waals surface area contributed by atoms with Gasteiger partial charge in [-0.1, -0.05) is 0 Å². The zero-order valence-electron chi connectivity index (χ0n) is 3.56. The van der Waals surface area contributed by atoms with Crippen LogP contribution in [0.5, 0.6) is 0 Å². The molecule has 0 heterocycles. The second kappa shape index (κ2) is 50.2. The Bertz CT molecular complexity index is 19.7. The van der Waals surface area contributed by atoms with Crippen molar-refractivity contribution in [3.63, 3.8) is 0 Å². The first kappa shape index (κ1) is 68.0. The normalized spacial score (nSPS) is 0. The van der Waals surface area contributed by atoms with E-state index < -0.39 is 0 Å². The van der Waals surface area contributed by atoms with Crippen molar-refractivity contribution < 1.29 is 36.5 Å². The van der Waals surface area contributed by atoms with Crippen LogP contribution in [0.1, 0.15) is 0 Å². The van der Waals surface area contributed by atoms with Gasteiger partial charge in [-0.05, 0) is 0 Å². The molecule has 7 heteroatoms. The summed E-state index contributed by atoms with van der Waals surface area (Å²) in [6, 6.07) is 0. The Morgan fingerprint density at radius 1 is 1.00 bits per heavy atom. The first-order valence-corrected chi connectivity index (χ1v) is 0. The van der Waals surface area contributed by atoms with E-state index in [1.165, 1.54) is 0 Å². The van der Waals surface area contributed by atoms with Crippen LogP contribution < -0.4 is 0 Å². The van der Waals surface area contributed by atoms with Crippen LogP contribution in [0.4, 0.5) is 0 Å². The summed E-state index contributed by atoms with van der Waals surface area (Å²) in [6.07, 6.45) is 0. The third-order valence-corrected chi connectivity index (χ3v) is 0. The summed E-state index contributed by atoms with van der Waals surface area (Å²) in [5, 5.41) is 0. The van der Waals surface area contributed by atoms with Gasteiger partial charge in [0.15, 0.2) is 0 Å². The molecule has 14 radical (unpaired) electrons. The van der Waals surface area contributed by atoms with Crippen molar-refractivity contribution in [3.8, 4) is 0 Å². The van der Waals surface area contributed by atoms with Gasteiger partial charge in [0.2, 0.25) is 0 Å². The summed E-state index contributed by atoms with van der Waals surface area (Å²) < 4.78 is 0. The molecular formula is AlCuGaInSSeZn. The van der Waals surface area contributed by atoms with Crippen molar-refractivity contribution in [1.82, 2.24) is 0 Å². The van der Waals surface area contributed by atoms with Crippen molar-refractivity contribution in [2.75, 3.05) is 0 Å². The largest absolute Gasteiger partial charge is 0 e. The molecule has 0 spiro atoms. The Balaban J connectivity index is 0. The van der Waals surface area contributed by atoms with Gasteiger partial charge in [0.1, 0.15) is 0 Å². The van der Waals surface area contributed by atoms with Crippen LogP contribution in [0.3, 0.4) is 0 Å². The van der Waals surface area contributed by atoms with E-state index in [1.807, 2.05) is 0 Å². The molecule has 0 atom stereocenters. The molecule has 0 aromatic carbocycles. The first-order valence-electron chi connectivity index (χ1n) is 0.